The van der Waals surface area contributed by atoms with Crippen molar-refractivity contribution in [2.24, 2.45) is 0 Å². The molecule has 1 saturated carbocycles. The van der Waals surface area contributed by atoms with Crippen molar-refractivity contribution in [1.29, 1.82) is 0 Å². The average Bonchev–Trinajstić information content (AvgIpc) is 3.22. The van der Waals surface area contributed by atoms with E-state index in [1.165, 1.54) is 0 Å². The molecule has 1 unspecified atom stereocenters. The summed E-state index contributed by atoms with van der Waals surface area (Å²) in [5, 5.41) is 5.90. The first-order valence-corrected chi connectivity index (χ1v) is 8.39. The lowest BCUT2D eigenvalue weighted by molar-refractivity contribution is -0.862. The monoisotopic (exact) mass is 368 g/mol. The Hall–Kier alpha value is -1.40. The molecule has 0 aromatic heterocycles. The number of carbonyl (C=O) groups is 2. The number of hydrogen-bond acceptors (Lipinski definition) is 2. The predicted octanol–water partition coefficient (Wildman–Crippen LogP) is 0.420. The molecule has 0 aliphatic heterocycles. The minimum absolute atomic E-state index is 0.0220. The Kier molecular flexibility index (Phi) is 5.97. The number of amides is 2. The maximum atomic E-state index is 12.0. The molecule has 0 bridgehead atoms. The molecule has 2 rings (SSSR count). The summed E-state index contributed by atoms with van der Waals surface area (Å²) in [6.07, 6.45) is 2.16. The second-order valence-electron chi connectivity index (χ2n) is 5.99. The smallest absolute Gasteiger partial charge is 0.275 e. The highest BCUT2D eigenvalue weighted by atomic mass is 79.9. The van der Waals surface area contributed by atoms with Gasteiger partial charge in [0.15, 0.2) is 13.1 Å². The number of carbonyl (C=O) groups excluding carboxylic acids is 2. The summed E-state index contributed by atoms with van der Waals surface area (Å²) in [6.45, 7) is 2.58. The number of hydrogen-bond donors (Lipinski definition) is 3. The van der Waals surface area contributed by atoms with Crippen molar-refractivity contribution >= 4 is 27.7 Å². The molecule has 1 fully saturated rings. The Morgan fingerprint density at radius 1 is 1.23 bits per heavy atom. The molecular weight excluding hydrogens is 346 g/mol. The number of likely N-dealkylation sites (N-methyl/N-ethyl adjacent to an activating group) is 1. The largest absolute Gasteiger partial charge is 0.348 e. The minimum atomic E-state index is -0.0489. The van der Waals surface area contributed by atoms with Gasteiger partial charge in [0.1, 0.15) is 0 Å². The lowest BCUT2D eigenvalue weighted by atomic mass is 10.1. The molecule has 3 N–H and O–H groups in total. The molecule has 2 atom stereocenters. The van der Waals surface area contributed by atoms with Gasteiger partial charge in [-0.25, -0.2) is 0 Å². The number of nitrogens with one attached hydrogen (secondary N) is 3. The number of quaternary nitrogens is 1. The maximum Gasteiger partial charge on any atom is 0.275 e. The summed E-state index contributed by atoms with van der Waals surface area (Å²) in [7, 11) is 1.86. The van der Waals surface area contributed by atoms with Gasteiger partial charge in [0.25, 0.3) is 11.8 Å². The second-order valence-corrected chi connectivity index (χ2v) is 6.91. The van der Waals surface area contributed by atoms with Crippen molar-refractivity contribution in [3.05, 3.63) is 34.3 Å². The van der Waals surface area contributed by atoms with Crippen molar-refractivity contribution in [3.63, 3.8) is 0 Å². The van der Waals surface area contributed by atoms with Crippen LogP contribution in [0.15, 0.2) is 28.7 Å². The van der Waals surface area contributed by atoms with E-state index in [2.05, 4.69) is 26.6 Å². The molecule has 120 valence electrons. The Bertz CT molecular complexity index is 529. The van der Waals surface area contributed by atoms with Gasteiger partial charge in [-0.15, -0.1) is 0 Å². The molecule has 0 spiro atoms. The van der Waals surface area contributed by atoms with Gasteiger partial charge in [-0.2, -0.15) is 0 Å². The van der Waals surface area contributed by atoms with Crippen LogP contribution in [0.3, 0.4) is 0 Å². The lowest BCUT2D eigenvalue weighted by Gasteiger charge is -2.17. The van der Waals surface area contributed by atoms with Crippen LogP contribution in [0.1, 0.15) is 31.4 Å². The lowest BCUT2D eigenvalue weighted by Crippen LogP contribution is -3.11. The van der Waals surface area contributed by atoms with Crippen molar-refractivity contribution in [2.75, 3.05) is 20.1 Å². The zero-order valence-electron chi connectivity index (χ0n) is 13.0. The molecule has 0 radical (unpaired) electrons. The van der Waals surface area contributed by atoms with Gasteiger partial charge in [-0.1, -0.05) is 28.1 Å². The summed E-state index contributed by atoms with van der Waals surface area (Å²) >= 11 is 3.39. The van der Waals surface area contributed by atoms with E-state index in [1.807, 2.05) is 38.2 Å². The molecule has 2 amide bonds. The Morgan fingerprint density at radius 3 is 2.41 bits per heavy atom. The van der Waals surface area contributed by atoms with E-state index in [0.29, 0.717) is 19.1 Å². The molecule has 6 heteroatoms. The third-order valence-corrected chi connectivity index (χ3v) is 4.14. The molecule has 1 aliphatic carbocycles. The Labute approximate surface area is 139 Å². The zero-order chi connectivity index (χ0) is 16.1. The highest BCUT2D eigenvalue weighted by Gasteiger charge is 2.25. The predicted molar refractivity (Wildman–Crippen MR) is 88.5 cm³/mol. The van der Waals surface area contributed by atoms with E-state index < -0.39 is 0 Å². The summed E-state index contributed by atoms with van der Waals surface area (Å²) < 4.78 is 1.01. The normalized spacial score (nSPS) is 16.7. The van der Waals surface area contributed by atoms with Gasteiger partial charge < -0.3 is 15.5 Å². The maximum absolute atomic E-state index is 12.0. The standard InChI is InChI=1S/C16H22BrN3O2/c1-11(12-3-5-13(17)6-4-12)18-15(21)9-20(2)10-16(22)19-14-7-8-14/h3-6,11,14H,7-10H2,1-2H3,(H,18,21)(H,19,22)/p+1/t11-/m0/s1. The first-order chi connectivity index (χ1) is 10.4. The molecule has 1 aliphatic rings. The van der Waals surface area contributed by atoms with E-state index in [9.17, 15) is 9.59 Å². The Morgan fingerprint density at radius 2 is 1.82 bits per heavy atom. The molecule has 1 aromatic carbocycles. The van der Waals surface area contributed by atoms with E-state index >= 15 is 0 Å². The van der Waals surface area contributed by atoms with Crippen molar-refractivity contribution in [3.8, 4) is 0 Å². The van der Waals surface area contributed by atoms with Gasteiger partial charge in [0.2, 0.25) is 0 Å². The van der Waals surface area contributed by atoms with E-state index in [4.69, 9.17) is 0 Å². The van der Waals surface area contributed by atoms with Gasteiger partial charge in [-0.05, 0) is 37.5 Å². The van der Waals surface area contributed by atoms with Crippen molar-refractivity contribution in [2.45, 2.75) is 31.8 Å². The zero-order valence-corrected chi connectivity index (χ0v) is 14.6. The van der Waals surface area contributed by atoms with Crippen molar-refractivity contribution in [1.82, 2.24) is 10.6 Å². The van der Waals surface area contributed by atoms with Crippen LogP contribution in [-0.2, 0) is 9.59 Å². The van der Waals surface area contributed by atoms with Gasteiger partial charge >= 0.3 is 0 Å². The van der Waals surface area contributed by atoms with Crippen LogP contribution in [0.4, 0.5) is 0 Å². The number of rotatable bonds is 7. The third-order valence-electron chi connectivity index (χ3n) is 3.61. The second kappa shape index (κ2) is 7.74. The topological polar surface area (TPSA) is 62.6 Å². The quantitative estimate of drug-likeness (QED) is 0.653. The van der Waals surface area contributed by atoms with Gasteiger partial charge in [-0.3, -0.25) is 9.59 Å². The first kappa shape index (κ1) is 17.0. The first-order valence-electron chi connectivity index (χ1n) is 7.59. The van der Waals surface area contributed by atoms with Crippen LogP contribution in [0.2, 0.25) is 0 Å². The fourth-order valence-electron chi connectivity index (χ4n) is 2.24. The summed E-state index contributed by atoms with van der Waals surface area (Å²) in [6, 6.07) is 8.19. The summed E-state index contributed by atoms with van der Waals surface area (Å²) in [5.74, 6) is -0.0269. The van der Waals surface area contributed by atoms with Crippen LogP contribution >= 0.6 is 15.9 Å². The average molecular weight is 369 g/mol. The molecule has 5 nitrogen and oxygen atoms in total. The van der Waals surface area contributed by atoms with Crippen LogP contribution < -0.4 is 15.5 Å². The molecule has 0 heterocycles. The van der Waals surface area contributed by atoms with Gasteiger partial charge in [0, 0.05) is 10.5 Å². The van der Waals surface area contributed by atoms with Crippen LogP contribution in [0, 0.1) is 0 Å². The number of halogens is 1. The highest BCUT2D eigenvalue weighted by molar-refractivity contribution is 9.10. The fourth-order valence-corrected chi connectivity index (χ4v) is 2.51. The van der Waals surface area contributed by atoms with Crippen LogP contribution in [-0.4, -0.2) is 38.0 Å². The molecule has 1 aromatic rings. The summed E-state index contributed by atoms with van der Waals surface area (Å²) in [4.78, 5) is 24.6. The van der Waals surface area contributed by atoms with Gasteiger partial charge in [0.05, 0.1) is 13.1 Å². The van der Waals surface area contributed by atoms with E-state index in [0.717, 1.165) is 27.8 Å². The fraction of sp³-hybridized carbons (Fsp3) is 0.500. The van der Waals surface area contributed by atoms with Crippen molar-refractivity contribution < 1.29 is 14.5 Å². The van der Waals surface area contributed by atoms with Crippen LogP contribution in [0.5, 0.6) is 0 Å². The molecule has 0 saturated heterocycles. The number of benzene rings is 1. The highest BCUT2D eigenvalue weighted by Crippen LogP contribution is 2.18. The summed E-state index contributed by atoms with van der Waals surface area (Å²) in [5.41, 5.74) is 1.06. The molecule has 22 heavy (non-hydrogen) atoms. The molecular formula is C16H23BrN3O2+. The van der Waals surface area contributed by atoms with Crippen LogP contribution in [0.25, 0.3) is 0 Å². The van der Waals surface area contributed by atoms with E-state index in [1.54, 1.807) is 0 Å². The SMILES string of the molecule is C[C@H](NC(=O)C[NH+](C)CC(=O)NC1CC1)c1ccc(Br)cc1. The Balaban J connectivity index is 1.73. The third kappa shape index (κ3) is 5.77. The van der Waals surface area contributed by atoms with E-state index in [-0.39, 0.29) is 17.9 Å². The minimum Gasteiger partial charge on any atom is -0.348 e.